The molecule has 0 aliphatic heterocycles. The lowest BCUT2D eigenvalue weighted by molar-refractivity contribution is 0.425. The average Bonchev–Trinajstić information content (AvgIpc) is 2.43. The molecular formula is C16H19FN2O. The van der Waals surface area contributed by atoms with Crippen molar-refractivity contribution in [3.8, 4) is 11.6 Å². The minimum atomic E-state index is -0.380. The molecule has 0 saturated carbocycles. The largest absolute Gasteiger partial charge is 0.436 e. The normalized spacial score (nSPS) is 10.6. The van der Waals surface area contributed by atoms with Crippen molar-refractivity contribution in [2.75, 3.05) is 7.05 Å². The van der Waals surface area contributed by atoms with E-state index in [4.69, 9.17) is 4.74 Å². The van der Waals surface area contributed by atoms with Gasteiger partial charge in [0.15, 0.2) is 11.6 Å². The smallest absolute Gasteiger partial charge is 0.219 e. The Labute approximate surface area is 118 Å². The lowest BCUT2D eigenvalue weighted by Gasteiger charge is -2.10. The Morgan fingerprint density at radius 2 is 2.05 bits per heavy atom. The predicted molar refractivity (Wildman–Crippen MR) is 77.6 cm³/mol. The van der Waals surface area contributed by atoms with Crippen LogP contribution in [0.2, 0.25) is 0 Å². The summed E-state index contributed by atoms with van der Waals surface area (Å²) in [6.07, 6.45) is 0.810. The maximum absolute atomic E-state index is 13.7. The number of aryl methyl sites for hydroxylation is 2. The van der Waals surface area contributed by atoms with Crippen molar-refractivity contribution in [3.63, 3.8) is 0 Å². The van der Waals surface area contributed by atoms with Gasteiger partial charge in [0.25, 0.3) is 0 Å². The quantitative estimate of drug-likeness (QED) is 0.904. The Balaban J connectivity index is 2.32. The molecule has 2 aromatic rings. The molecule has 20 heavy (non-hydrogen) atoms. The van der Waals surface area contributed by atoms with Gasteiger partial charge in [-0.05, 0) is 49.7 Å². The Morgan fingerprint density at radius 1 is 1.25 bits per heavy atom. The molecule has 0 radical (unpaired) electrons. The summed E-state index contributed by atoms with van der Waals surface area (Å²) >= 11 is 0. The molecule has 0 spiro atoms. The average molecular weight is 274 g/mol. The summed E-state index contributed by atoms with van der Waals surface area (Å²) in [7, 11) is 1.88. The second-order valence-electron chi connectivity index (χ2n) is 4.72. The number of nitrogens with zero attached hydrogens (tertiary/aromatic N) is 1. The molecule has 1 N–H and O–H groups in total. The van der Waals surface area contributed by atoms with E-state index in [2.05, 4.69) is 10.3 Å². The Bertz CT molecular complexity index is 599. The Morgan fingerprint density at radius 3 is 2.75 bits per heavy atom. The van der Waals surface area contributed by atoms with E-state index in [1.165, 1.54) is 6.07 Å². The molecule has 0 amide bonds. The standard InChI is InChI=1S/C16H19FN2O/c1-4-13-8-12(10-18-3)9-16(19-13)20-15-7-11(2)5-6-14(15)17/h5-9,18H,4,10H2,1-3H3. The summed E-state index contributed by atoms with van der Waals surface area (Å²) in [6, 6.07) is 8.65. The highest BCUT2D eigenvalue weighted by molar-refractivity contribution is 5.34. The van der Waals surface area contributed by atoms with E-state index in [0.717, 1.165) is 29.8 Å². The molecule has 1 aromatic carbocycles. The molecule has 0 fully saturated rings. The maximum Gasteiger partial charge on any atom is 0.219 e. The molecular weight excluding hydrogens is 255 g/mol. The second kappa shape index (κ2) is 6.48. The molecule has 0 unspecified atom stereocenters. The molecule has 1 heterocycles. The zero-order valence-electron chi connectivity index (χ0n) is 12.0. The highest BCUT2D eigenvalue weighted by Gasteiger charge is 2.08. The van der Waals surface area contributed by atoms with Crippen molar-refractivity contribution in [3.05, 3.63) is 53.0 Å². The highest BCUT2D eigenvalue weighted by Crippen LogP contribution is 2.25. The number of rotatable bonds is 5. The number of halogens is 1. The minimum absolute atomic E-state index is 0.209. The van der Waals surface area contributed by atoms with E-state index in [1.54, 1.807) is 12.1 Å². The second-order valence-corrected chi connectivity index (χ2v) is 4.72. The van der Waals surface area contributed by atoms with Crippen LogP contribution in [0.3, 0.4) is 0 Å². The molecule has 106 valence electrons. The van der Waals surface area contributed by atoms with Gasteiger partial charge in [-0.25, -0.2) is 9.37 Å². The molecule has 2 rings (SSSR count). The van der Waals surface area contributed by atoms with Crippen LogP contribution in [-0.2, 0) is 13.0 Å². The first-order chi connectivity index (χ1) is 9.62. The number of hydrogen-bond donors (Lipinski definition) is 1. The third-order valence-electron chi connectivity index (χ3n) is 2.96. The number of nitrogens with one attached hydrogen (secondary N) is 1. The third-order valence-corrected chi connectivity index (χ3v) is 2.96. The van der Waals surface area contributed by atoms with E-state index in [-0.39, 0.29) is 11.6 Å². The molecule has 0 saturated heterocycles. The molecule has 0 aliphatic carbocycles. The maximum atomic E-state index is 13.7. The fourth-order valence-electron chi connectivity index (χ4n) is 1.96. The van der Waals surface area contributed by atoms with E-state index in [1.807, 2.05) is 33.0 Å². The summed E-state index contributed by atoms with van der Waals surface area (Å²) in [6.45, 7) is 4.65. The van der Waals surface area contributed by atoms with Crippen LogP contribution in [0.15, 0.2) is 30.3 Å². The van der Waals surface area contributed by atoms with Crippen LogP contribution in [-0.4, -0.2) is 12.0 Å². The molecule has 1 aromatic heterocycles. The summed E-state index contributed by atoms with van der Waals surface area (Å²) in [5.74, 6) is 0.259. The number of ether oxygens (including phenoxy) is 1. The van der Waals surface area contributed by atoms with Crippen LogP contribution in [0, 0.1) is 12.7 Å². The number of benzene rings is 1. The summed E-state index contributed by atoms with van der Waals surface area (Å²) in [5.41, 5.74) is 2.95. The van der Waals surface area contributed by atoms with E-state index in [0.29, 0.717) is 5.88 Å². The highest BCUT2D eigenvalue weighted by atomic mass is 19.1. The topological polar surface area (TPSA) is 34.1 Å². The van der Waals surface area contributed by atoms with Crippen LogP contribution in [0.5, 0.6) is 11.6 Å². The van der Waals surface area contributed by atoms with Crippen molar-refractivity contribution >= 4 is 0 Å². The van der Waals surface area contributed by atoms with Crippen molar-refractivity contribution < 1.29 is 9.13 Å². The molecule has 0 atom stereocenters. The summed E-state index contributed by atoms with van der Waals surface area (Å²) in [5, 5.41) is 3.09. The van der Waals surface area contributed by atoms with Gasteiger partial charge in [0.05, 0.1) is 0 Å². The van der Waals surface area contributed by atoms with Gasteiger partial charge in [-0.15, -0.1) is 0 Å². The van der Waals surface area contributed by atoms with Gasteiger partial charge in [0, 0.05) is 18.3 Å². The number of hydrogen-bond acceptors (Lipinski definition) is 3. The first-order valence-electron chi connectivity index (χ1n) is 6.70. The van der Waals surface area contributed by atoms with Gasteiger partial charge in [-0.2, -0.15) is 0 Å². The van der Waals surface area contributed by atoms with E-state index >= 15 is 0 Å². The molecule has 4 heteroatoms. The van der Waals surface area contributed by atoms with Crippen molar-refractivity contribution in [1.29, 1.82) is 0 Å². The van der Waals surface area contributed by atoms with Crippen molar-refractivity contribution in [1.82, 2.24) is 10.3 Å². The lowest BCUT2D eigenvalue weighted by Crippen LogP contribution is -2.06. The van der Waals surface area contributed by atoms with Gasteiger partial charge >= 0.3 is 0 Å². The van der Waals surface area contributed by atoms with E-state index in [9.17, 15) is 4.39 Å². The zero-order valence-corrected chi connectivity index (χ0v) is 12.0. The molecule has 0 aliphatic rings. The van der Waals surface area contributed by atoms with Crippen LogP contribution in [0.4, 0.5) is 4.39 Å². The van der Waals surface area contributed by atoms with Crippen LogP contribution >= 0.6 is 0 Å². The number of aromatic nitrogens is 1. The predicted octanol–water partition coefficient (Wildman–Crippen LogP) is 3.60. The van der Waals surface area contributed by atoms with Gasteiger partial charge in [0.2, 0.25) is 5.88 Å². The number of pyridine rings is 1. The Kier molecular flexibility index (Phi) is 4.69. The van der Waals surface area contributed by atoms with Gasteiger partial charge in [-0.3, -0.25) is 0 Å². The fraction of sp³-hybridized carbons (Fsp3) is 0.312. The van der Waals surface area contributed by atoms with Crippen LogP contribution in [0.25, 0.3) is 0 Å². The van der Waals surface area contributed by atoms with Gasteiger partial charge in [0.1, 0.15) is 0 Å². The lowest BCUT2D eigenvalue weighted by atomic mass is 10.2. The minimum Gasteiger partial charge on any atom is -0.436 e. The van der Waals surface area contributed by atoms with Crippen molar-refractivity contribution in [2.45, 2.75) is 26.8 Å². The van der Waals surface area contributed by atoms with Crippen molar-refractivity contribution in [2.24, 2.45) is 0 Å². The summed E-state index contributed by atoms with van der Waals surface area (Å²) in [4.78, 5) is 4.38. The van der Waals surface area contributed by atoms with Crippen LogP contribution in [0.1, 0.15) is 23.7 Å². The zero-order chi connectivity index (χ0) is 14.5. The van der Waals surface area contributed by atoms with Gasteiger partial charge in [-0.1, -0.05) is 13.0 Å². The fourth-order valence-corrected chi connectivity index (χ4v) is 1.96. The van der Waals surface area contributed by atoms with Crippen LogP contribution < -0.4 is 10.1 Å². The first-order valence-corrected chi connectivity index (χ1v) is 6.70. The monoisotopic (exact) mass is 274 g/mol. The third kappa shape index (κ3) is 3.54. The first kappa shape index (κ1) is 14.5. The van der Waals surface area contributed by atoms with E-state index < -0.39 is 0 Å². The van der Waals surface area contributed by atoms with Gasteiger partial charge < -0.3 is 10.1 Å². The Hall–Kier alpha value is -1.94. The SMILES string of the molecule is CCc1cc(CNC)cc(Oc2cc(C)ccc2F)n1. The molecule has 3 nitrogen and oxygen atoms in total. The molecule has 0 bridgehead atoms. The summed E-state index contributed by atoms with van der Waals surface area (Å²) < 4.78 is 19.3.